The minimum absolute atomic E-state index is 0.132. The van der Waals surface area contributed by atoms with Crippen molar-refractivity contribution in [2.75, 3.05) is 26.7 Å². The highest BCUT2D eigenvalue weighted by Crippen LogP contribution is 2.20. The van der Waals surface area contributed by atoms with Crippen molar-refractivity contribution in [1.29, 1.82) is 0 Å². The van der Waals surface area contributed by atoms with E-state index >= 15 is 0 Å². The molecule has 2 aromatic carbocycles. The molecule has 26 heavy (non-hydrogen) atoms. The van der Waals surface area contributed by atoms with Crippen LogP contribution in [0, 0.1) is 0 Å². The number of ether oxygens (including phenoxy) is 2. The van der Waals surface area contributed by atoms with Gasteiger partial charge in [-0.15, -0.1) is 0 Å². The van der Waals surface area contributed by atoms with Crippen molar-refractivity contribution >= 4 is 5.97 Å². The van der Waals surface area contributed by atoms with E-state index in [1.165, 1.54) is 18.2 Å². The number of methoxy groups -OCH3 is 1. The van der Waals surface area contributed by atoms with Gasteiger partial charge in [0.05, 0.1) is 7.11 Å². The topological polar surface area (TPSA) is 38.8 Å². The molecule has 0 spiro atoms. The van der Waals surface area contributed by atoms with E-state index in [2.05, 4.69) is 58.2 Å². The summed E-state index contributed by atoms with van der Waals surface area (Å²) in [4.78, 5) is 13.5. The van der Waals surface area contributed by atoms with Crippen LogP contribution >= 0.6 is 0 Å². The number of benzene rings is 2. The van der Waals surface area contributed by atoms with Crippen molar-refractivity contribution in [3.63, 3.8) is 0 Å². The Hall–Kier alpha value is -2.33. The molecular formula is C22H27NO3. The lowest BCUT2D eigenvalue weighted by molar-refractivity contribution is -0.140. The van der Waals surface area contributed by atoms with Crippen LogP contribution in [0.1, 0.15) is 30.4 Å². The average Bonchev–Trinajstić information content (AvgIpc) is 3.11. The third kappa shape index (κ3) is 5.60. The Morgan fingerprint density at radius 1 is 1.08 bits per heavy atom. The number of nitrogens with zero attached hydrogens (tertiary/aromatic N) is 1. The van der Waals surface area contributed by atoms with Gasteiger partial charge in [0.15, 0.2) is 0 Å². The number of hydrogen-bond donors (Lipinski definition) is 0. The Morgan fingerprint density at radius 2 is 1.81 bits per heavy atom. The van der Waals surface area contributed by atoms with Gasteiger partial charge in [0, 0.05) is 19.5 Å². The molecule has 4 heteroatoms. The summed E-state index contributed by atoms with van der Waals surface area (Å²) in [6.07, 6.45) is 3.53. The molecule has 1 fully saturated rings. The molecule has 1 aliphatic heterocycles. The zero-order chi connectivity index (χ0) is 18.2. The predicted molar refractivity (Wildman–Crippen MR) is 102 cm³/mol. The van der Waals surface area contributed by atoms with Crippen LogP contribution in [0.5, 0.6) is 5.75 Å². The van der Waals surface area contributed by atoms with Gasteiger partial charge in [-0.1, -0.05) is 42.5 Å². The van der Waals surface area contributed by atoms with Crippen LogP contribution in [-0.2, 0) is 16.0 Å². The number of carbonyl (C=O) groups excluding carboxylic acids is 1. The maximum Gasteiger partial charge on any atom is 0.305 e. The Bertz CT molecular complexity index is 684. The molecule has 0 aliphatic carbocycles. The molecule has 138 valence electrons. The van der Waals surface area contributed by atoms with E-state index in [4.69, 9.17) is 4.74 Å². The minimum atomic E-state index is -0.132. The summed E-state index contributed by atoms with van der Waals surface area (Å²) in [5.41, 5.74) is 2.61. The molecule has 4 nitrogen and oxygen atoms in total. The summed E-state index contributed by atoms with van der Waals surface area (Å²) in [7, 11) is 1.44. The van der Waals surface area contributed by atoms with E-state index < -0.39 is 0 Å². The Morgan fingerprint density at radius 3 is 2.54 bits per heavy atom. The molecule has 0 aromatic heterocycles. The lowest BCUT2D eigenvalue weighted by Crippen LogP contribution is -2.26. The number of hydrogen-bond acceptors (Lipinski definition) is 4. The van der Waals surface area contributed by atoms with Crippen LogP contribution in [-0.4, -0.2) is 43.7 Å². The summed E-state index contributed by atoms with van der Waals surface area (Å²) >= 11 is 0. The Balaban J connectivity index is 1.42. The van der Waals surface area contributed by atoms with Crippen LogP contribution in [0.15, 0.2) is 54.6 Å². The quantitative estimate of drug-likeness (QED) is 0.679. The van der Waals surface area contributed by atoms with Crippen LogP contribution in [0.3, 0.4) is 0 Å². The van der Waals surface area contributed by atoms with Gasteiger partial charge in [0.2, 0.25) is 0 Å². The van der Waals surface area contributed by atoms with Gasteiger partial charge in [-0.3, -0.25) is 9.69 Å². The summed E-state index contributed by atoms with van der Waals surface area (Å²) < 4.78 is 10.8. The van der Waals surface area contributed by atoms with Crippen molar-refractivity contribution in [2.45, 2.75) is 31.8 Å². The van der Waals surface area contributed by atoms with Crippen molar-refractivity contribution in [3.8, 4) is 5.75 Å². The van der Waals surface area contributed by atoms with Gasteiger partial charge < -0.3 is 9.47 Å². The summed E-state index contributed by atoms with van der Waals surface area (Å²) in [6, 6.07) is 18.9. The second kappa shape index (κ2) is 9.39. The fourth-order valence-electron chi connectivity index (χ4n) is 3.36. The minimum Gasteiger partial charge on any atom is -0.489 e. The molecular weight excluding hydrogens is 326 g/mol. The first kappa shape index (κ1) is 18.5. The molecule has 0 unspecified atom stereocenters. The summed E-state index contributed by atoms with van der Waals surface area (Å²) in [5, 5.41) is 0. The highest BCUT2D eigenvalue weighted by atomic mass is 16.5. The smallest absolute Gasteiger partial charge is 0.305 e. The molecule has 3 rings (SSSR count). The highest BCUT2D eigenvalue weighted by Gasteiger charge is 2.23. The van der Waals surface area contributed by atoms with E-state index in [0.717, 1.165) is 44.6 Å². The van der Waals surface area contributed by atoms with Crippen LogP contribution in [0.25, 0.3) is 0 Å². The zero-order valence-electron chi connectivity index (χ0n) is 15.4. The molecule has 0 bridgehead atoms. The number of likely N-dealkylation sites (tertiary alicyclic amines) is 1. The average molecular weight is 353 g/mol. The SMILES string of the molecule is COC(=O)CCCN1CC[C@@H](Oc2ccc(Cc3ccccc3)cc2)C1. The predicted octanol–water partition coefficient (Wildman–Crippen LogP) is 3.68. The molecule has 1 aliphatic rings. The van der Waals surface area contributed by atoms with Crippen LogP contribution in [0.4, 0.5) is 0 Å². The van der Waals surface area contributed by atoms with Crippen molar-refractivity contribution in [1.82, 2.24) is 4.90 Å². The Labute approximate surface area is 155 Å². The van der Waals surface area contributed by atoms with Crippen molar-refractivity contribution in [2.24, 2.45) is 0 Å². The molecule has 1 atom stereocenters. The van der Waals surface area contributed by atoms with E-state index in [-0.39, 0.29) is 12.1 Å². The third-order valence-electron chi connectivity index (χ3n) is 4.79. The van der Waals surface area contributed by atoms with Crippen molar-refractivity contribution < 1.29 is 14.3 Å². The number of carbonyl (C=O) groups is 1. The first-order valence-corrected chi connectivity index (χ1v) is 9.31. The standard InChI is InChI=1S/C22H27NO3/c1-25-22(24)8-5-14-23-15-13-21(17-23)26-20-11-9-19(10-12-20)16-18-6-3-2-4-7-18/h2-4,6-7,9-12,21H,5,8,13-17H2,1H3/t21-/m1/s1. The Kier molecular flexibility index (Phi) is 6.67. The van der Waals surface area contributed by atoms with Gasteiger partial charge >= 0.3 is 5.97 Å². The van der Waals surface area contributed by atoms with Gasteiger partial charge in [-0.05, 0) is 49.1 Å². The number of esters is 1. The van der Waals surface area contributed by atoms with Crippen LogP contribution < -0.4 is 4.74 Å². The summed E-state index contributed by atoms with van der Waals surface area (Å²) in [5.74, 6) is 0.802. The van der Waals surface area contributed by atoms with Crippen LogP contribution in [0.2, 0.25) is 0 Å². The van der Waals surface area contributed by atoms with E-state index in [1.54, 1.807) is 0 Å². The lowest BCUT2D eigenvalue weighted by atomic mass is 10.1. The molecule has 0 N–H and O–H groups in total. The van der Waals surface area contributed by atoms with Gasteiger partial charge in [-0.2, -0.15) is 0 Å². The maximum atomic E-state index is 11.2. The first-order valence-electron chi connectivity index (χ1n) is 9.31. The van der Waals surface area contributed by atoms with E-state index in [9.17, 15) is 4.79 Å². The second-order valence-corrected chi connectivity index (χ2v) is 6.82. The van der Waals surface area contributed by atoms with E-state index in [1.807, 2.05) is 6.07 Å². The lowest BCUT2D eigenvalue weighted by Gasteiger charge is -2.17. The third-order valence-corrected chi connectivity index (χ3v) is 4.79. The highest BCUT2D eigenvalue weighted by molar-refractivity contribution is 5.69. The molecule has 0 amide bonds. The second-order valence-electron chi connectivity index (χ2n) is 6.82. The van der Waals surface area contributed by atoms with Crippen molar-refractivity contribution in [3.05, 3.63) is 65.7 Å². The first-order chi connectivity index (χ1) is 12.7. The monoisotopic (exact) mass is 353 g/mol. The molecule has 1 saturated heterocycles. The van der Waals surface area contributed by atoms with E-state index in [0.29, 0.717) is 6.42 Å². The van der Waals surface area contributed by atoms with Gasteiger partial charge in [0.25, 0.3) is 0 Å². The molecule has 0 radical (unpaired) electrons. The normalized spacial score (nSPS) is 17.2. The molecule has 0 saturated carbocycles. The largest absolute Gasteiger partial charge is 0.489 e. The zero-order valence-corrected chi connectivity index (χ0v) is 15.4. The van der Waals surface area contributed by atoms with Gasteiger partial charge in [0.1, 0.15) is 11.9 Å². The summed E-state index contributed by atoms with van der Waals surface area (Å²) in [6.45, 7) is 2.87. The maximum absolute atomic E-state index is 11.2. The van der Waals surface area contributed by atoms with Gasteiger partial charge in [-0.25, -0.2) is 0 Å². The number of rotatable bonds is 8. The molecule has 1 heterocycles. The fraction of sp³-hybridized carbons (Fsp3) is 0.409. The fourth-order valence-corrected chi connectivity index (χ4v) is 3.36. The molecule has 2 aromatic rings.